The number of nitrogens with zero attached hydrogens (tertiary/aromatic N) is 1. The Labute approximate surface area is 185 Å². The highest BCUT2D eigenvalue weighted by atomic mass is 32.2. The van der Waals surface area contributed by atoms with Crippen molar-refractivity contribution in [1.82, 2.24) is 4.31 Å². The maximum Gasteiger partial charge on any atom is 0.270 e. The number of hydrogen-bond donors (Lipinski definition) is 1. The molecule has 0 bridgehead atoms. The molecule has 30 heavy (non-hydrogen) atoms. The van der Waals surface area contributed by atoms with Gasteiger partial charge in [-0.1, -0.05) is 59.3 Å². The van der Waals surface area contributed by atoms with E-state index in [1.807, 2.05) is 11.2 Å². The van der Waals surface area contributed by atoms with Crippen molar-refractivity contribution in [3.63, 3.8) is 0 Å². The molecule has 0 amide bonds. The van der Waals surface area contributed by atoms with Gasteiger partial charge < -0.3 is 0 Å². The smallest absolute Gasteiger partial charge is 0.270 e. The molecule has 2 fully saturated rings. The summed E-state index contributed by atoms with van der Waals surface area (Å²) < 4.78 is 62.5. The van der Waals surface area contributed by atoms with Crippen LogP contribution >= 0.6 is 0 Å². The van der Waals surface area contributed by atoms with E-state index >= 15 is 0 Å². The van der Waals surface area contributed by atoms with Crippen molar-refractivity contribution in [3.05, 3.63) is 0 Å². The van der Waals surface area contributed by atoms with E-state index in [2.05, 4.69) is 0 Å². The van der Waals surface area contributed by atoms with Gasteiger partial charge in [-0.15, -0.1) is 0 Å². The summed E-state index contributed by atoms with van der Waals surface area (Å²) in [4.78, 5) is 0. The molecule has 2 aliphatic carbocycles. The molecule has 2 aliphatic rings. The average molecular weight is 466 g/mol. The zero-order valence-corrected chi connectivity index (χ0v) is 21.0. The molecule has 0 aliphatic heterocycles. The van der Waals surface area contributed by atoms with E-state index in [0.717, 1.165) is 64.2 Å². The summed E-state index contributed by atoms with van der Waals surface area (Å²) in [7, 11) is -8.16. The van der Waals surface area contributed by atoms with E-state index in [1.54, 1.807) is 20.8 Å². The minimum absolute atomic E-state index is 0.0149. The largest absolute Gasteiger partial charge is 0.285 e. The van der Waals surface area contributed by atoms with Crippen LogP contribution in [0.2, 0.25) is 0 Å². The van der Waals surface area contributed by atoms with E-state index in [4.69, 9.17) is 0 Å². The van der Waals surface area contributed by atoms with Gasteiger partial charge in [0.2, 0.25) is 10.0 Å². The van der Waals surface area contributed by atoms with Crippen molar-refractivity contribution in [3.8, 4) is 0 Å². The van der Waals surface area contributed by atoms with Crippen LogP contribution in [0.1, 0.15) is 118 Å². The van der Waals surface area contributed by atoms with Gasteiger partial charge in [0.05, 0.1) is 9.49 Å². The van der Waals surface area contributed by atoms with Crippen LogP contribution < -0.4 is 0 Å². The Hall–Kier alpha value is -0.180. The Bertz CT molecular complexity index is 730. The van der Waals surface area contributed by atoms with E-state index in [9.17, 15) is 21.4 Å². The summed E-state index contributed by atoms with van der Waals surface area (Å²) in [5.41, 5.74) is 0. The second-order valence-electron chi connectivity index (χ2n) is 9.76. The molecule has 1 N–H and O–H groups in total. The van der Waals surface area contributed by atoms with Crippen LogP contribution in [0.25, 0.3) is 0 Å². The van der Waals surface area contributed by atoms with E-state index < -0.39 is 29.6 Å². The molecule has 0 aromatic carbocycles. The van der Waals surface area contributed by atoms with E-state index in [0.29, 0.717) is 6.42 Å². The summed E-state index contributed by atoms with van der Waals surface area (Å²) in [5.74, 6) is 0. The molecule has 2 saturated carbocycles. The Kier molecular flexibility index (Phi) is 8.84. The van der Waals surface area contributed by atoms with Crippen molar-refractivity contribution in [2.24, 2.45) is 0 Å². The SMILES string of the molecule is CCC(CC)(CC(C)(CC)S(=O)(=O)N(C1CCCCC1)C1CCCCC1)S(=O)(=O)O. The first kappa shape index (κ1) is 26.1. The second-order valence-corrected chi connectivity index (χ2v) is 13.9. The molecule has 0 saturated heterocycles. The molecule has 1 unspecified atom stereocenters. The zero-order chi connectivity index (χ0) is 22.6. The molecule has 8 heteroatoms. The fourth-order valence-corrected chi connectivity index (χ4v) is 9.51. The van der Waals surface area contributed by atoms with Crippen molar-refractivity contribution < 1.29 is 21.4 Å². The molecule has 178 valence electrons. The van der Waals surface area contributed by atoms with Crippen molar-refractivity contribution in [2.75, 3.05) is 0 Å². The monoisotopic (exact) mass is 465 g/mol. The van der Waals surface area contributed by atoms with Gasteiger partial charge >= 0.3 is 0 Å². The zero-order valence-electron chi connectivity index (χ0n) is 19.4. The van der Waals surface area contributed by atoms with Gasteiger partial charge in [-0.2, -0.15) is 12.7 Å². The highest BCUT2D eigenvalue weighted by molar-refractivity contribution is 7.90. The van der Waals surface area contributed by atoms with Crippen molar-refractivity contribution in [2.45, 2.75) is 139 Å². The minimum Gasteiger partial charge on any atom is -0.285 e. The van der Waals surface area contributed by atoms with Crippen LogP contribution in [0.15, 0.2) is 0 Å². The third-order valence-corrected chi connectivity index (χ3v) is 12.7. The summed E-state index contributed by atoms with van der Waals surface area (Å²) in [6.07, 6.45) is 10.7. The van der Waals surface area contributed by atoms with Gasteiger partial charge in [0, 0.05) is 12.1 Å². The molecule has 0 aromatic heterocycles. The number of rotatable bonds is 10. The normalized spacial score (nSPS) is 22.9. The molecule has 0 radical (unpaired) electrons. The highest BCUT2D eigenvalue weighted by Gasteiger charge is 2.53. The van der Waals surface area contributed by atoms with E-state index in [-0.39, 0.29) is 31.3 Å². The first-order chi connectivity index (χ1) is 14.0. The molecular weight excluding hydrogens is 422 g/mol. The number of hydrogen-bond acceptors (Lipinski definition) is 4. The molecule has 1 atom stereocenters. The van der Waals surface area contributed by atoms with Crippen molar-refractivity contribution >= 4 is 20.1 Å². The highest BCUT2D eigenvalue weighted by Crippen LogP contribution is 2.43. The minimum atomic E-state index is -4.39. The Morgan fingerprint density at radius 1 is 0.767 bits per heavy atom. The lowest BCUT2D eigenvalue weighted by atomic mass is 9.88. The fourth-order valence-electron chi connectivity index (χ4n) is 5.65. The molecule has 6 nitrogen and oxygen atoms in total. The molecule has 2 rings (SSSR count). The van der Waals surface area contributed by atoms with Crippen molar-refractivity contribution in [1.29, 1.82) is 0 Å². The maximum atomic E-state index is 14.3. The summed E-state index contributed by atoms with van der Waals surface area (Å²) in [6.45, 7) is 6.98. The summed E-state index contributed by atoms with van der Waals surface area (Å²) in [5, 5.41) is 0. The van der Waals surface area contributed by atoms with Crippen LogP contribution in [-0.4, -0.2) is 47.3 Å². The lowest BCUT2D eigenvalue weighted by Gasteiger charge is -2.47. The van der Waals surface area contributed by atoms with Crippen LogP contribution in [0, 0.1) is 0 Å². The molecule has 0 aromatic rings. The van der Waals surface area contributed by atoms with Gasteiger partial charge in [-0.25, -0.2) is 8.42 Å². The Morgan fingerprint density at radius 3 is 1.47 bits per heavy atom. The van der Waals surface area contributed by atoms with Gasteiger partial charge in [0.15, 0.2) is 0 Å². The third kappa shape index (κ3) is 5.07. The predicted molar refractivity (Wildman–Crippen MR) is 123 cm³/mol. The van der Waals surface area contributed by atoms with Crippen LogP contribution in [0.4, 0.5) is 0 Å². The van der Waals surface area contributed by atoms with Gasteiger partial charge in [-0.05, 0) is 58.3 Å². The average Bonchev–Trinajstić information content (AvgIpc) is 2.72. The van der Waals surface area contributed by atoms with Gasteiger partial charge in [-0.3, -0.25) is 4.55 Å². The topological polar surface area (TPSA) is 91.8 Å². The Balaban J connectivity index is 2.51. The van der Waals surface area contributed by atoms with Crippen LogP contribution in [0.5, 0.6) is 0 Å². The summed E-state index contributed by atoms with van der Waals surface area (Å²) >= 11 is 0. The lowest BCUT2D eigenvalue weighted by molar-refractivity contribution is 0.163. The lowest BCUT2D eigenvalue weighted by Crippen LogP contribution is -2.58. The Morgan fingerprint density at radius 2 is 1.17 bits per heavy atom. The quantitative estimate of drug-likeness (QED) is 0.443. The van der Waals surface area contributed by atoms with Crippen LogP contribution in [-0.2, 0) is 20.1 Å². The van der Waals surface area contributed by atoms with Crippen LogP contribution in [0.3, 0.4) is 0 Å². The molecular formula is C22H43NO5S2. The number of sulfonamides is 1. The molecule has 0 heterocycles. The first-order valence-corrected chi connectivity index (χ1v) is 14.9. The predicted octanol–water partition coefficient (Wildman–Crippen LogP) is 5.29. The fraction of sp³-hybridized carbons (Fsp3) is 1.00. The summed E-state index contributed by atoms with van der Waals surface area (Å²) in [6, 6.07) is 0.0298. The first-order valence-electron chi connectivity index (χ1n) is 12.0. The second kappa shape index (κ2) is 10.2. The maximum absolute atomic E-state index is 14.3. The standard InChI is InChI=1S/C22H43NO5S2/c1-5-21(4,18-22(6-2,7-3)30(26,27)28)29(24,25)23(19-14-10-8-11-15-19)20-16-12-9-13-17-20/h19-20H,5-18H2,1-4H3,(H,26,27,28). The third-order valence-electron chi connectivity index (χ3n) is 8.05. The van der Waals surface area contributed by atoms with E-state index in [1.165, 1.54) is 0 Å². The van der Waals surface area contributed by atoms with Gasteiger partial charge in [0.1, 0.15) is 0 Å². The molecule has 0 spiro atoms. The van der Waals surface area contributed by atoms with Gasteiger partial charge in [0.25, 0.3) is 10.1 Å².